The zero-order chi connectivity index (χ0) is 42.6. The summed E-state index contributed by atoms with van der Waals surface area (Å²) < 4.78 is 4.61. The quantitative estimate of drug-likeness (QED) is 0.161. The molecule has 0 aliphatic rings. The summed E-state index contributed by atoms with van der Waals surface area (Å²) in [4.78, 5) is 11.0. The van der Waals surface area contributed by atoms with Crippen molar-refractivity contribution in [2.75, 3.05) is 0 Å². The lowest BCUT2D eigenvalue weighted by molar-refractivity contribution is 1.10. The van der Waals surface area contributed by atoms with E-state index in [1.54, 1.807) is 0 Å². The minimum absolute atomic E-state index is 0.523. The molecule has 0 atom stereocenters. The largest absolute Gasteiger partial charge is 0.308 e. The van der Waals surface area contributed by atoms with E-state index >= 15 is 0 Å². The molecule has 64 heavy (non-hydrogen) atoms. The van der Waals surface area contributed by atoms with Crippen LogP contribution in [0.5, 0.6) is 0 Å². The maximum absolute atomic E-state index is 11.0. The normalized spacial score (nSPS) is 11.4. The van der Waals surface area contributed by atoms with Crippen molar-refractivity contribution in [3.63, 3.8) is 0 Å². The van der Waals surface area contributed by atoms with E-state index in [2.05, 4.69) is 179 Å². The van der Waals surface area contributed by atoms with Gasteiger partial charge in [-0.3, -0.25) is 0 Å². The van der Waals surface area contributed by atoms with Crippen LogP contribution in [0.1, 0.15) is 5.56 Å². The van der Waals surface area contributed by atoms with Crippen molar-refractivity contribution in [1.82, 2.24) is 19.1 Å². The van der Waals surface area contributed by atoms with Crippen LogP contribution in [0.2, 0.25) is 0 Å². The number of fused-ring (bicyclic) bond motifs is 6. The third kappa shape index (κ3) is 6.16. The van der Waals surface area contributed by atoms with Gasteiger partial charge in [0.25, 0.3) is 0 Å². The zero-order valence-electron chi connectivity index (χ0n) is 34.6. The molecule has 0 aliphatic heterocycles. The third-order valence-corrected chi connectivity index (χ3v) is 12.4. The predicted octanol–water partition coefficient (Wildman–Crippen LogP) is 14.9. The number of para-hydroxylation sites is 2. The number of rotatable bonds is 7. The van der Waals surface area contributed by atoms with E-state index in [9.17, 15) is 5.26 Å². The van der Waals surface area contributed by atoms with Crippen LogP contribution < -0.4 is 0 Å². The molecule has 298 valence electrons. The average Bonchev–Trinajstić information content (AvgIpc) is 3.89. The Morgan fingerprint density at radius 3 is 1.12 bits per heavy atom. The highest BCUT2D eigenvalue weighted by molar-refractivity contribution is 6.13. The number of aromatic nitrogens is 4. The number of nitriles is 1. The molecule has 0 saturated heterocycles. The molecule has 9 aromatic carbocycles. The van der Waals surface area contributed by atoms with Gasteiger partial charge in [0.15, 0.2) is 5.82 Å². The van der Waals surface area contributed by atoms with E-state index in [1.807, 2.05) is 60.7 Å². The average molecular weight is 816 g/mol. The van der Waals surface area contributed by atoms with Gasteiger partial charge in [-0.25, -0.2) is 9.97 Å². The summed E-state index contributed by atoms with van der Waals surface area (Å²) in [5, 5.41) is 15.5. The third-order valence-electron chi connectivity index (χ3n) is 12.4. The van der Waals surface area contributed by atoms with Crippen molar-refractivity contribution in [2.24, 2.45) is 0 Å². The Balaban J connectivity index is 1.23. The molecule has 0 amide bonds. The fraction of sp³-hybridized carbons (Fsp3) is 0. The Labute approximate surface area is 370 Å². The fourth-order valence-corrected chi connectivity index (χ4v) is 9.42. The summed E-state index contributed by atoms with van der Waals surface area (Å²) in [5.74, 6) is 0.549. The van der Waals surface area contributed by atoms with Crippen molar-refractivity contribution >= 4 is 43.6 Å². The molecular formula is C59H37N5. The molecule has 0 N–H and O–H groups in total. The van der Waals surface area contributed by atoms with Gasteiger partial charge < -0.3 is 9.13 Å². The monoisotopic (exact) mass is 815 g/mol. The lowest BCUT2D eigenvalue weighted by atomic mass is 10.0. The first-order valence-electron chi connectivity index (χ1n) is 21.5. The first-order chi connectivity index (χ1) is 31.7. The van der Waals surface area contributed by atoms with E-state index in [4.69, 9.17) is 9.97 Å². The zero-order valence-corrected chi connectivity index (χ0v) is 34.6. The fourth-order valence-electron chi connectivity index (χ4n) is 9.42. The van der Waals surface area contributed by atoms with Gasteiger partial charge in [0.05, 0.1) is 62.0 Å². The second-order valence-corrected chi connectivity index (χ2v) is 16.1. The summed E-state index contributed by atoms with van der Waals surface area (Å²) in [7, 11) is 0. The number of nitrogens with zero attached hydrogens (tertiary/aromatic N) is 5. The SMILES string of the molecule is N#Cc1cc(-n2c3ccccc3c3cc(-c4ccccc4)ccc32)c(-c2nc(-c3ccccc3)cc(-c3ccccc3)n2)c(-n2c3ccccc3c3cc(-c4ccccc4)ccc32)c1. The summed E-state index contributed by atoms with van der Waals surface area (Å²) in [6.45, 7) is 0. The highest BCUT2D eigenvalue weighted by Crippen LogP contribution is 2.44. The van der Waals surface area contributed by atoms with E-state index in [1.165, 1.54) is 0 Å². The maximum atomic E-state index is 11.0. The molecule has 0 fully saturated rings. The van der Waals surface area contributed by atoms with Gasteiger partial charge in [0, 0.05) is 32.7 Å². The summed E-state index contributed by atoms with van der Waals surface area (Å²) in [6.07, 6.45) is 0. The van der Waals surface area contributed by atoms with Gasteiger partial charge in [-0.05, 0) is 76.9 Å². The summed E-state index contributed by atoms with van der Waals surface area (Å²) in [6, 6.07) is 80.7. The first-order valence-corrected chi connectivity index (χ1v) is 21.5. The highest BCUT2D eigenvalue weighted by atomic mass is 15.0. The van der Waals surface area contributed by atoms with Gasteiger partial charge in [-0.15, -0.1) is 0 Å². The molecule has 12 aromatic rings. The van der Waals surface area contributed by atoms with Crippen molar-refractivity contribution in [3.8, 4) is 73.6 Å². The number of hydrogen-bond acceptors (Lipinski definition) is 3. The smallest absolute Gasteiger partial charge is 0.164 e. The Morgan fingerprint density at radius 2 is 0.703 bits per heavy atom. The van der Waals surface area contributed by atoms with Crippen LogP contribution in [0, 0.1) is 11.3 Å². The molecule has 0 saturated carbocycles. The molecule has 0 spiro atoms. The van der Waals surface area contributed by atoms with E-state index in [0.29, 0.717) is 11.4 Å². The molecule has 5 nitrogen and oxygen atoms in total. The van der Waals surface area contributed by atoms with Crippen LogP contribution in [0.4, 0.5) is 0 Å². The molecule has 5 heteroatoms. The number of benzene rings is 9. The van der Waals surface area contributed by atoms with Gasteiger partial charge in [-0.1, -0.05) is 170 Å². The Morgan fingerprint density at radius 1 is 0.328 bits per heavy atom. The van der Waals surface area contributed by atoms with E-state index in [-0.39, 0.29) is 0 Å². The topological polar surface area (TPSA) is 59.4 Å². The Hall–Kier alpha value is -8.85. The molecule has 0 unspecified atom stereocenters. The van der Waals surface area contributed by atoms with Crippen LogP contribution >= 0.6 is 0 Å². The van der Waals surface area contributed by atoms with Gasteiger partial charge in [-0.2, -0.15) is 5.26 Å². The van der Waals surface area contributed by atoms with Crippen LogP contribution in [-0.2, 0) is 0 Å². The van der Waals surface area contributed by atoms with Gasteiger partial charge in [0.2, 0.25) is 0 Å². The van der Waals surface area contributed by atoms with Crippen LogP contribution in [0.25, 0.3) is 111 Å². The van der Waals surface area contributed by atoms with Crippen molar-refractivity contribution < 1.29 is 0 Å². The molecule has 3 aromatic heterocycles. The molecule has 0 aliphatic carbocycles. The molecule has 3 heterocycles. The van der Waals surface area contributed by atoms with E-state index < -0.39 is 0 Å². The van der Waals surface area contributed by atoms with Crippen molar-refractivity contribution in [3.05, 3.63) is 230 Å². The summed E-state index contributed by atoms with van der Waals surface area (Å²) in [5.41, 5.74) is 15.1. The second kappa shape index (κ2) is 15.3. The number of hydrogen-bond donors (Lipinski definition) is 0. The van der Waals surface area contributed by atoms with Crippen LogP contribution in [0.15, 0.2) is 224 Å². The minimum atomic E-state index is 0.523. The minimum Gasteiger partial charge on any atom is -0.308 e. The molecule has 0 bridgehead atoms. The lowest BCUT2D eigenvalue weighted by Gasteiger charge is -2.21. The van der Waals surface area contributed by atoms with E-state index in [0.717, 1.165) is 105 Å². The molecule has 0 radical (unpaired) electrons. The Bertz CT molecular complexity index is 3530. The van der Waals surface area contributed by atoms with Gasteiger partial charge >= 0.3 is 0 Å². The first kappa shape index (κ1) is 37.0. The van der Waals surface area contributed by atoms with Crippen molar-refractivity contribution in [2.45, 2.75) is 0 Å². The highest BCUT2D eigenvalue weighted by Gasteiger charge is 2.26. The predicted molar refractivity (Wildman–Crippen MR) is 263 cm³/mol. The van der Waals surface area contributed by atoms with Gasteiger partial charge in [0.1, 0.15) is 0 Å². The van der Waals surface area contributed by atoms with Crippen LogP contribution in [0.3, 0.4) is 0 Å². The second-order valence-electron chi connectivity index (χ2n) is 16.1. The molecular weight excluding hydrogens is 779 g/mol. The maximum Gasteiger partial charge on any atom is 0.164 e. The van der Waals surface area contributed by atoms with Crippen LogP contribution in [-0.4, -0.2) is 19.1 Å². The summed E-state index contributed by atoms with van der Waals surface area (Å²) >= 11 is 0. The Kier molecular flexibility index (Phi) is 8.81. The lowest BCUT2D eigenvalue weighted by Crippen LogP contribution is -2.07. The standard InChI is InChI=1S/C59H37N5/c60-38-39-33-56(63-52-27-15-13-25-46(52)48-35-44(29-31-54(48)63)40-17-5-1-6-18-40)58(59-61-50(42-21-9-3-10-22-42)37-51(62-59)43-23-11-4-12-24-43)57(34-39)64-53-28-16-14-26-47(53)49-36-45(30-32-55(49)64)41-19-7-2-8-20-41/h1-37H. The van der Waals surface area contributed by atoms with Crippen molar-refractivity contribution in [1.29, 1.82) is 5.26 Å². The molecule has 12 rings (SSSR count).